The van der Waals surface area contributed by atoms with Gasteiger partial charge in [-0.2, -0.15) is 0 Å². The molecule has 3 nitrogen and oxygen atoms in total. The molecule has 16 heavy (non-hydrogen) atoms. The Hall–Kier alpha value is -0.970. The second-order valence-corrected chi connectivity index (χ2v) is 4.32. The number of rotatable bonds is 5. The Bertz CT molecular complexity index is 339. The van der Waals surface area contributed by atoms with Gasteiger partial charge < -0.3 is 4.90 Å². The van der Waals surface area contributed by atoms with Gasteiger partial charge in [-0.1, -0.05) is 12.1 Å². The van der Waals surface area contributed by atoms with Gasteiger partial charge in [-0.05, 0) is 51.2 Å². The van der Waals surface area contributed by atoms with Crippen molar-refractivity contribution in [3.8, 4) is 0 Å². The molecule has 0 heterocycles. The van der Waals surface area contributed by atoms with Gasteiger partial charge in [0, 0.05) is 6.04 Å². The first-order valence-corrected chi connectivity index (χ1v) is 5.41. The number of nitrogens with one attached hydrogen (secondary N) is 1. The van der Waals surface area contributed by atoms with Crippen LogP contribution in [0, 0.1) is 12.7 Å². The molecular formula is C12H20FN3. The molecule has 4 heteroatoms. The topological polar surface area (TPSA) is 41.3 Å². The van der Waals surface area contributed by atoms with Gasteiger partial charge >= 0.3 is 0 Å². The quantitative estimate of drug-likeness (QED) is 0.590. The van der Waals surface area contributed by atoms with Crippen LogP contribution in [0.5, 0.6) is 0 Å². The van der Waals surface area contributed by atoms with Crippen molar-refractivity contribution in [3.05, 3.63) is 35.1 Å². The lowest BCUT2D eigenvalue weighted by Crippen LogP contribution is -2.30. The van der Waals surface area contributed by atoms with Gasteiger partial charge in [-0.3, -0.25) is 11.3 Å². The zero-order valence-corrected chi connectivity index (χ0v) is 10.1. The Balaban J connectivity index is 2.74. The highest BCUT2D eigenvalue weighted by Crippen LogP contribution is 2.18. The molecule has 0 saturated heterocycles. The van der Waals surface area contributed by atoms with E-state index < -0.39 is 0 Å². The van der Waals surface area contributed by atoms with Crippen LogP contribution in [0.1, 0.15) is 23.6 Å². The van der Waals surface area contributed by atoms with Crippen molar-refractivity contribution in [1.29, 1.82) is 0 Å². The molecule has 0 fully saturated rings. The number of hydrogen-bond donors (Lipinski definition) is 2. The summed E-state index contributed by atoms with van der Waals surface area (Å²) in [7, 11) is 4.01. The van der Waals surface area contributed by atoms with Crippen molar-refractivity contribution in [2.45, 2.75) is 19.4 Å². The molecule has 0 spiro atoms. The molecule has 3 N–H and O–H groups in total. The molecule has 0 aliphatic rings. The summed E-state index contributed by atoms with van der Waals surface area (Å²) >= 11 is 0. The average molecular weight is 225 g/mol. The molecule has 0 amide bonds. The predicted molar refractivity (Wildman–Crippen MR) is 64.4 cm³/mol. The summed E-state index contributed by atoms with van der Waals surface area (Å²) in [6, 6.07) is 5.25. The lowest BCUT2D eigenvalue weighted by atomic mass is 10.0. The molecule has 1 aromatic carbocycles. The van der Waals surface area contributed by atoms with Gasteiger partial charge in [-0.25, -0.2) is 4.39 Å². The molecule has 0 aromatic heterocycles. The summed E-state index contributed by atoms with van der Waals surface area (Å²) < 4.78 is 13.4. The lowest BCUT2D eigenvalue weighted by molar-refractivity contribution is 0.362. The monoisotopic (exact) mass is 225 g/mol. The second kappa shape index (κ2) is 5.94. The van der Waals surface area contributed by atoms with Crippen LogP contribution in [-0.2, 0) is 0 Å². The minimum atomic E-state index is -0.178. The first-order chi connectivity index (χ1) is 7.54. The molecule has 0 radical (unpaired) electrons. The van der Waals surface area contributed by atoms with Crippen LogP contribution in [0.15, 0.2) is 18.2 Å². The number of hydrogen-bond acceptors (Lipinski definition) is 3. The van der Waals surface area contributed by atoms with Crippen LogP contribution in [0.25, 0.3) is 0 Å². The van der Waals surface area contributed by atoms with E-state index in [2.05, 4.69) is 10.3 Å². The maximum absolute atomic E-state index is 13.4. The molecule has 0 saturated carbocycles. The van der Waals surface area contributed by atoms with Crippen LogP contribution in [0.2, 0.25) is 0 Å². The van der Waals surface area contributed by atoms with Crippen molar-refractivity contribution in [3.63, 3.8) is 0 Å². The normalized spacial score (nSPS) is 13.1. The van der Waals surface area contributed by atoms with Gasteiger partial charge in [0.1, 0.15) is 5.82 Å². The molecule has 90 valence electrons. The SMILES string of the molecule is Cc1ccc(C(CCN(C)C)NN)cc1F. The largest absolute Gasteiger partial charge is 0.309 e. The molecule has 0 bridgehead atoms. The highest BCUT2D eigenvalue weighted by Gasteiger charge is 2.11. The van der Waals surface area contributed by atoms with E-state index in [1.165, 1.54) is 0 Å². The third kappa shape index (κ3) is 3.56. The first kappa shape index (κ1) is 13.1. The molecule has 1 atom stereocenters. The fourth-order valence-electron chi connectivity index (χ4n) is 1.56. The van der Waals surface area contributed by atoms with Gasteiger partial charge in [0.2, 0.25) is 0 Å². The van der Waals surface area contributed by atoms with E-state index in [4.69, 9.17) is 5.84 Å². The van der Waals surface area contributed by atoms with E-state index in [1.807, 2.05) is 20.2 Å². The molecular weight excluding hydrogens is 205 g/mol. The summed E-state index contributed by atoms with van der Waals surface area (Å²) in [5, 5.41) is 0. The van der Waals surface area contributed by atoms with Crippen molar-refractivity contribution < 1.29 is 4.39 Å². The standard InChI is InChI=1S/C12H20FN3/c1-9-4-5-10(8-11(9)13)12(15-14)6-7-16(2)3/h4-5,8,12,15H,6-7,14H2,1-3H3. The number of aryl methyl sites for hydroxylation is 1. The molecule has 1 unspecified atom stereocenters. The third-order valence-electron chi connectivity index (χ3n) is 2.66. The average Bonchev–Trinajstić information content (AvgIpc) is 2.23. The molecule has 1 rings (SSSR count). The fraction of sp³-hybridized carbons (Fsp3) is 0.500. The Morgan fingerprint density at radius 1 is 1.44 bits per heavy atom. The van der Waals surface area contributed by atoms with E-state index in [0.29, 0.717) is 5.56 Å². The summed E-state index contributed by atoms with van der Waals surface area (Å²) in [4.78, 5) is 2.08. The Labute approximate surface area is 96.4 Å². The number of nitrogens with zero attached hydrogens (tertiary/aromatic N) is 1. The second-order valence-electron chi connectivity index (χ2n) is 4.32. The van der Waals surface area contributed by atoms with Crippen LogP contribution < -0.4 is 11.3 Å². The van der Waals surface area contributed by atoms with Crippen LogP contribution in [0.3, 0.4) is 0 Å². The summed E-state index contributed by atoms with van der Waals surface area (Å²) in [5.41, 5.74) is 4.28. The minimum Gasteiger partial charge on any atom is -0.309 e. The number of benzene rings is 1. The number of halogens is 1. The highest BCUT2D eigenvalue weighted by atomic mass is 19.1. The van der Waals surface area contributed by atoms with E-state index in [9.17, 15) is 4.39 Å². The van der Waals surface area contributed by atoms with Crippen LogP contribution in [0.4, 0.5) is 4.39 Å². The first-order valence-electron chi connectivity index (χ1n) is 5.41. The third-order valence-corrected chi connectivity index (χ3v) is 2.66. The number of nitrogens with two attached hydrogens (primary N) is 1. The smallest absolute Gasteiger partial charge is 0.126 e. The Kier molecular flexibility index (Phi) is 4.86. The molecule has 1 aromatic rings. The van der Waals surface area contributed by atoms with Gasteiger partial charge in [0.25, 0.3) is 0 Å². The van der Waals surface area contributed by atoms with Crippen LogP contribution in [-0.4, -0.2) is 25.5 Å². The van der Waals surface area contributed by atoms with Gasteiger partial charge in [-0.15, -0.1) is 0 Å². The van der Waals surface area contributed by atoms with Crippen molar-refractivity contribution in [2.75, 3.05) is 20.6 Å². The maximum atomic E-state index is 13.4. The van der Waals surface area contributed by atoms with E-state index in [1.54, 1.807) is 19.1 Å². The summed E-state index contributed by atoms with van der Waals surface area (Å²) in [5.74, 6) is 5.31. The fourth-order valence-corrected chi connectivity index (χ4v) is 1.56. The van der Waals surface area contributed by atoms with Crippen molar-refractivity contribution in [2.24, 2.45) is 5.84 Å². The molecule has 0 aliphatic heterocycles. The Morgan fingerprint density at radius 2 is 2.12 bits per heavy atom. The Morgan fingerprint density at radius 3 is 2.62 bits per heavy atom. The van der Waals surface area contributed by atoms with Gasteiger partial charge in [0.15, 0.2) is 0 Å². The zero-order valence-electron chi connectivity index (χ0n) is 10.1. The van der Waals surface area contributed by atoms with E-state index in [-0.39, 0.29) is 11.9 Å². The van der Waals surface area contributed by atoms with Crippen LogP contribution >= 0.6 is 0 Å². The summed E-state index contributed by atoms with van der Waals surface area (Å²) in [6.07, 6.45) is 0.853. The number of hydrazine groups is 1. The van der Waals surface area contributed by atoms with Gasteiger partial charge in [0.05, 0.1) is 0 Å². The van der Waals surface area contributed by atoms with Crippen molar-refractivity contribution >= 4 is 0 Å². The zero-order chi connectivity index (χ0) is 12.1. The highest BCUT2D eigenvalue weighted by molar-refractivity contribution is 5.25. The molecule has 0 aliphatic carbocycles. The van der Waals surface area contributed by atoms with E-state index in [0.717, 1.165) is 18.5 Å². The lowest BCUT2D eigenvalue weighted by Gasteiger charge is -2.19. The minimum absolute atomic E-state index is 0.00231. The van der Waals surface area contributed by atoms with Crippen molar-refractivity contribution in [1.82, 2.24) is 10.3 Å². The summed E-state index contributed by atoms with van der Waals surface area (Å²) in [6.45, 7) is 2.66. The predicted octanol–water partition coefficient (Wildman–Crippen LogP) is 1.59. The maximum Gasteiger partial charge on any atom is 0.126 e. The van der Waals surface area contributed by atoms with E-state index >= 15 is 0 Å².